The second kappa shape index (κ2) is 4.75. The predicted molar refractivity (Wildman–Crippen MR) is 56.4 cm³/mol. The van der Waals surface area contributed by atoms with E-state index in [1.165, 1.54) is 0 Å². The van der Waals surface area contributed by atoms with Crippen LogP contribution in [0.2, 0.25) is 0 Å². The predicted octanol–water partition coefficient (Wildman–Crippen LogP) is 2.40. The van der Waals surface area contributed by atoms with Crippen LogP contribution in [0.4, 0.5) is 0 Å². The first-order chi connectivity index (χ1) is 6.86. The standard InChI is InChI=1S/C10H12BrNO2/c11-9-2-1-5-12-10(9)14-8-3-6-13-7-4-8/h1-2,5,8H,3-4,6-7H2. The van der Waals surface area contributed by atoms with Gasteiger partial charge in [0.2, 0.25) is 5.88 Å². The van der Waals surface area contributed by atoms with Gasteiger partial charge in [-0.15, -0.1) is 0 Å². The highest BCUT2D eigenvalue weighted by molar-refractivity contribution is 9.10. The van der Waals surface area contributed by atoms with Gasteiger partial charge >= 0.3 is 0 Å². The Morgan fingerprint density at radius 3 is 2.93 bits per heavy atom. The molecule has 1 aromatic heterocycles. The number of aromatic nitrogens is 1. The van der Waals surface area contributed by atoms with Gasteiger partial charge in [-0.25, -0.2) is 4.98 Å². The van der Waals surface area contributed by atoms with E-state index in [1.54, 1.807) is 6.20 Å². The summed E-state index contributed by atoms with van der Waals surface area (Å²) in [5.41, 5.74) is 0. The van der Waals surface area contributed by atoms with Gasteiger partial charge in [0.15, 0.2) is 0 Å². The molecule has 2 heterocycles. The summed E-state index contributed by atoms with van der Waals surface area (Å²) < 4.78 is 11.9. The van der Waals surface area contributed by atoms with Crippen LogP contribution < -0.4 is 4.74 Å². The van der Waals surface area contributed by atoms with Gasteiger partial charge in [0.25, 0.3) is 0 Å². The normalized spacial score (nSPS) is 18.1. The molecule has 0 unspecified atom stereocenters. The number of halogens is 1. The fourth-order valence-corrected chi connectivity index (χ4v) is 1.76. The van der Waals surface area contributed by atoms with Crippen molar-refractivity contribution in [1.82, 2.24) is 4.98 Å². The van der Waals surface area contributed by atoms with Gasteiger partial charge in [0.1, 0.15) is 6.10 Å². The maximum Gasteiger partial charge on any atom is 0.228 e. The fraction of sp³-hybridized carbons (Fsp3) is 0.500. The van der Waals surface area contributed by atoms with E-state index in [1.807, 2.05) is 12.1 Å². The maximum atomic E-state index is 5.75. The van der Waals surface area contributed by atoms with Gasteiger partial charge in [-0.05, 0) is 28.1 Å². The van der Waals surface area contributed by atoms with Crippen molar-refractivity contribution in [3.8, 4) is 5.88 Å². The van der Waals surface area contributed by atoms with Gasteiger partial charge in [-0.1, -0.05) is 0 Å². The largest absolute Gasteiger partial charge is 0.473 e. The zero-order valence-electron chi connectivity index (χ0n) is 7.78. The van der Waals surface area contributed by atoms with Gasteiger partial charge in [0.05, 0.1) is 17.7 Å². The zero-order chi connectivity index (χ0) is 9.80. The van der Waals surface area contributed by atoms with Crippen LogP contribution in [0.3, 0.4) is 0 Å². The van der Waals surface area contributed by atoms with E-state index in [0.717, 1.165) is 30.5 Å². The molecule has 1 aromatic rings. The fourth-order valence-electron chi connectivity index (χ4n) is 1.41. The lowest BCUT2D eigenvalue weighted by Gasteiger charge is -2.22. The number of ether oxygens (including phenoxy) is 2. The second-order valence-corrected chi connectivity index (χ2v) is 4.07. The minimum Gasteiger partial charge on any atom is -0.473 e. The van der Waals surface area contributed by atoms with Crippen LogP contribution in [0.1, 0.15) is 12.8 Å². The van der Waals surface area contributed by atoms with Crippen molar-refractivity contribution in [1.29, 1.82) is 0 Å². The van der Waals surface area contributed by atoms with E-state index in [4.69, 9.17) is 9.47 Å². The van der Waals surface area contributed by atoms with Crippen LogP contribution >= 0.6 is 15.9 Å². The van der Waals surface area contributed by atoms with Gasteiger partial charge in [0, 0.05) is 19.0 Å². The van der Waals surface area contributed by atoms with E-state index in [9.17, 15) is 0 Å². The molecule has 1 fully saturated rings. The van der Waals surface area contributed by atoms with Crippen molar-refractivity contribution >= 4 is 15.9 Å². The van der Waals surface area contributed by atoms with Gasteiger partial charge in [-0.2, -0.15) is 0 Å². The van der Waals surface area contributed by atoms with Gasteiger partial charge in [-0.3, -0.25) is 0 Å². The molecule has 0 atom stereocenters. The molecule has 0 bridgehead atoms. The van der Waals surface area contributed by atoms with E-state index < -0.39 is 0 Å². The highest BCUT2D eigenvalue weighted by Crippen LogP contribution is 2.24. The molecule has 0 aliphatic carbocycles. The zero-order valence-corrected chi connectivity index (χ0v) is 9.37. The topological polar surface area (TPSA) is 31.4 Å². The summed E-state index contributed by atoms with van der Waals surface area (Å²) in [7, 11) is 0. The molecular formula is C10H12BrNO2. The van der Waals surface area contributed by atoms with Crippen molar-refractivity contribution in [3.63, 3.8) is 0 Å². The third kappa shape index (κ3) is 2.45. The molecule has 1 aliphatic heterocycles. The molecule has 1 saturated heterocycles. The molecule has 0 amide bonds. The van der Waals surface area contributed by atoms with Gasteiger partial charge < -0.3 is 9.47 Å². The number of nitrogens with zero attached hydrogens (tertiary/aromatic N) is 1. The first kappa shape index (κ1) is 9.93. The lowest BCUT2D eigenvalue weighted by Crippen LogP contribution is -2.26. The molecule has 0 saturated carbocycles. The Morgan fingerprint density at radius 1 is 1.43 bits per heavy atom. The monoisotopic (exact) mass is 257 g/mol. The summed E-state index contributed by atoms with van der Waals surface area (Å²) in [5, 5.41) is 0. The summed E-state index contributed by atoms with van der Waals surface area (Å²) >= 11 is 3.40. The Morgan fingerprint density at radius 2 is 2.21 bits per heavy atom. The minimum absolute atomic E-state index is 0.245. The quantitative estimate of drug-likeness (QED) is 0.816. The molecule has 3 nitrogen and oxygen atoms in total. The summed E-state index contributed by atoms with van der Waals surface area (Å²) in [6, 6.07) is 3.81. The molecule has 76 valence electrons. The van der Waals surface area contributed by atoms with Crippen molar-refractivity contribution in [2.75, 3.05) is 13.2 Å². The SMILES string of the molecule is Brc1cccnc1OC1CCOCC1. The van der Waals surface area contributed by atoms with Crippen LogP contribution in [0, 0.1) is 0 Å². The second-order valence-electron chi connectivity index (χ2n) is 3.22. The van der Waals surface area contributed by atoms with Crippen molar-refractivity contribution in [2.45, 2.75) is 18.9 Å². The lowest BCUT2D eigenvalue weighted by atomic mass is 10.2. The van der Waals surface area contributed by atoms with Crippen LogP contribution in [0.5, 0.6) is 5.88 Å². The number of rotatable bonds is 2. The average Bonchev–Trinajstić information content (AvgIpc) is 2.23. The average molecular weight is 258 g/mol. The van der Waals surface area contributed by atoms with E-state index in [0.29, 0.717) is 5.88 Å². The lowest BCUT2D eigenvalue weighted by molar-refractivity contribution is 0.0234. The van der Waals surface area contributed by atoms with Crippen LogP contribution in [-0.2, 0) is 4.74 Å². The number of hydrogen-bond acceptors (Lipinski definition) is 3. The van der Waals surface area contributed by atoms with Crippen LogP contribution in [0.25, 0.3) is 0 Å². The molecule has 4 heteroatoms. The van der Waals surface area contributed by atoms with Crippen molar-refractivity contribution in [2.24, 2.45) is 0 Å². The van der Waals surface area contributed by atoms with Crippen molar-refractivity contribution in [3.05, 3.63) is 22.8 Å². The Bertz CT molecular complexity index is 300. The summed E-state index contributed by atoms with van der Waals surface area (Å²) in [4.78, 5) is 4.16. The Hall–Kier alpha value is -0.610. The third-order valence-corrected chi connectivity index (χ3v) is 2.77. The third-order valence-electron chi connectivity index (χ3n) is 2.17. The minimum atomic E-state index is 0.245. The molecule has 0 N–H and O–H groups in total. The number of pyridine rings is 1. The van der Waals surface area contributed by atoms with E-state index in [2.05, 4.69) is 20.9 Å². The van der Waals surface area contributed by atoms with Crippen LogP contribution in [-0.4, -0.2) is 24.3 Å². The maximum absolute atomic E-state index is 5.75. The smallest absolute Gasteiger partial charge is 0.228 e. The summed E-state index contributed by atoms with van der Waals surface area (Å²) in [6.07, 6.45) is 3.88. The first-order valence-corrected chi connectivity index (χ1v) is 5.50. The molecule has 1 aliphatic rings. The first-order valence-electron chi connectivity index (χ1n) is 4.71. The molecule has 0 radical (unpaired) electrons. The Labute approximate surface area is 91.6 Å². The Balaban J connectivity index is 1.99. The van der Waals surface area contributed by atoms with Crippen LogP contribution in [0.15, 0.2) is 22.8 Å². The summed E-state index contributed by atoms with van der Waals surface area (Å²) in [6.45, 7) is 1.57. The molecule has 2 rings (SSSR count). The molecular weight excluding hydrogens is 246 g/mol. The molecule has 14 heavy (non-hydrogen) atoms. The molecule has 0 aromatic carbocycles. The van der Waals surface area contributed by atoms with E-state index in [-0.39, 0.29) is 6.10 Å². The summed E-state index contributed by atoms with van der Waals surface area (Å²) in [5.74, 6) is 0.680. The highest BCUT2D eigenvalue weighted by Gasteiger charge is 2.16. The Kier molecular flexibility index (Phi) is 3.37. The van der Waals surface area contributed by atoms with E-state index >= 15 is 0 Å². The highest BCUT2D eigenvalue weighted by atomic mass is 79.9. The number of hydrogen-bond donors (Lipinski definition) is 0. The molecule has 0 spiro atoms. The van der Waals surface area contributed by atoms with Crippen molar-refractivity contribution < 1.29 is 9.47 Å².